The molecule has 15 heavy (non-hydrogen) atoms. The summed E-state index contributed by atoms with van der Waals surface area (Å²) in [7, 11) is 0. The number of aliphatic hydroxyl groups is 1. The first kappa shape index (κ1) is 9.36. The molecule has 2 aliphatic heterocycles. The van der Waals surface area contributed by atoms with E-state index in [9.17, 15) is 9.90 Å². The Morgan fingerprint density at radius 3 is 3.13 bits per heavy atom. The third-order valence-electron chi connectivity index (χ3n) is 3.63. The maximum Gasteiger partial charge on any atom is 0.334 e. The minimum Gasteiger partial charge on any atom is -0.458 e. The van der Waals surface area contributed by atoms with Crippen LogP contribution in [0.15, 0.2) is 11.1 Å². The topological polar surface area (TPSA) is 59.1 Å². The zero-order valence-corrected chi connectivity index (χ0v) is 8.49. The van der Waals surface area contributed by atoms with Crippen LogP contribution in [0.4, 0.5) is 0 Å². The molecule has 0 bridgehead atoms. The van der Waals surface area contributed by atoms with Crippen molar-refractivity contribution in [3.8, 4) is 0 Å². The summed E-state index contributed by atoms with van der Waals surface area (Å²) in [6, 6.07) is 0. The van der Waals surface area contributed by atoms with Crippen LogP contribution in [0.25, 0.3) is 0 Å². The monoisotopic (exact) mass is 210 g/mol. The highest BCUT2D eigenvalue weighted by Gasteiger charge is 2.59. The van der Waals surface area contributed by atoms with E-state index in [1.54, 1.807) is 0 Å². The van der Waals surface area contributed by atoms with Gasteiger partial charge in [-0.15, -0.1) is 0 Å². The average Bonchev–Trinajstić information content (AvgIpc) is 2.81. The molecule has 0 aromatic heterocycles. The quantitative estimate of drug-likeness (QED) is 0.507. The Hall–Kier alpha value is -0.870. The molecule has 4 heteroatoms. The van der Waals surface area contributed by atoms with Gasteiger partial charge in [-0.25, -0.2) is 4.79 Å². The van der Waals surface area contributed by atoms with Crippen LogP contribution in [0, 0.1) is 0 Å². The number of cyclic esters (lactones) is 1. The summed E-state index contributed by atoms with van der Waals surface area (Å²) < 4.78 is 10.6. The normalized spacial score (nSPS) is 39.0. The largest absolute Gasteiger partial charge is 0.458 e. The van der Waals surface area contributed by atoms with E-state index in [1.165, 1.54) is 0 Å². The first-order chi connectivity index (χ1) is 7.27. The van der Waals surface area contributed by atoms with E-state index < -0.39 is 5.60 Å². The van der Waals surface area contributed by atoms with Crippen LogP contribution in [-0.4, -0.2) is 36.0 Å². The molecule has 3 rings (SSSR count). The summed E-state index contributed by atoms with van der Waals surface area (Å²) in [5, 5.41) is 9.32. The van der Waals surface area contributed by atoms with Crippen molar-refractivity contribution in [3.05, 3.63) is 11.1 Å². The van der Waals surface area contributed by atoms with E-state index in [2.05, 4.69) is 0 Å². The van der Waals surface area contributed by atoms with Gasteiger partial charge in [0, 0.05) is 11.1 Å². The van der Waals surface area contributed by atoms with Crippen LogP contribution in [0.3, 0.4) is 0 Å². The first-order valence-corrected chi connectivity index (χ1v) is 5.44. The Morgan fingerprint density at radius 1 is 1.47 bits per heavy atom. The highest BCUT2D eigenvalue weighted by molar-refractivity contribution is 5.92. The van der Waals surface area contributed by atoms with Crippen LogP contribution in [0.5, 0.6) is 0 Å². The lowest BCUT2D eigenvalue weighted by Crippen LogP contribution is -2.23. The molecule has 0 spiro atoms. The van der Waals surface area contributed by atoms with E-state index in [0.717, 1.165) is 36.8 Å². The maximum atomic E-state index is 11.4. The number of esters is 1. The minimum atomic E-state index is -0.394. The van der Waals surface area contributed by atoms with E-state index in [0.29, 0.717) is 6.61 Å². The lowest BCUT2D eigenvalue weighted by molar-refractivity contribution is -0.136. The molecule has 1 aliphatic carbocycles. The van der Waals surface area contributed by atoms with Gasteiger partial charge in [-0.3, -0.25) is 0 Å². The van der Waals surface area contributed by atoms with Gasteiger partial charge in [0.1, 0.15) is 18.3 Å². The molecule has 2 atom stereocenters. The van der Waals surface area contributed by atoms with E-state index in [1.807, 2.05) is 0 Å². The number of carbonyl (C=O) groups excluding carboxylic acids is 1. The van der Waals surface area contributed by atoms with Gasteiger partial charge in [-0.1, -0.05) is 6.42 Å². The fourth-order valence-corrected chi connectivity index (χ4v) is 2.65. The number of rotatable bonds is 1. The number of fused-ring (bicyclic) bond motifs is 2. The fourth-order valence-electron chi connectivity index (χ4n) is 2.65. The third-order valence-corrected chi connectivity index (χ3v) is 3.63. The van der Waals surface area contributed by atoms with E-state index in [4.69, 9.17) is 9.47 Å². The summed E-state index contributed by atoms with van der Waals surface area (Å²) in [6.07, 6.45) is 3.60. The second-order valence-electron chi connectivity index (χ2n) is 4.51. The molecule has 2 heterocycles. The molecule has 0 radical (unpaired) electrons. The highest BCUT2D eigenvalue weighted by atomic mass is 16.6. The second-order valence-corrected chi connectivity index (χ2v) is 4.51. The molecule has 0 amide bonds. The Bertz CT molecular complexity index is 346. The summed E-state index contributed by atoms with van der Waals surface area (Å²) in [6.45, 7) is 0.406. The van der Waals surface area contributed by atoms with Crippen LogP contribution in [0.1, 0.15) is 25.7 Å². The van der Waals surface area contributed by atoms with Crippen molar-refractivity contribution < 1.29 is 19.4 Å². The number of hydrogen-bond donors (Lipinski definition) is 1. The van der Waals surface area contributed by atoms with E-state index >= 15 is 0 Å². The molecule has 1 saturated heterocycles. The van der Waals surface area contributed by atoms with Gasteiger partial charge in [-0.05, 0) is 19.3 Å². The van der Waals surface area contributed by atoms with Gasteiger partial charge in [0.15, 0.2) is 0 Å². The van der Waals surface area contributed by atoms with Crippen LogP contribution < -0.4 is 0 Å². The molecule has 0 aromatic rings. The molecule has 82 valence electrons. The Kier molecular flexibility index (Phi) is 1.91. The molecule has 2 unspecified atom stereocenters. The number of carbonyl (C=O) groups is 1. The smallest absolute Gasteiger partial charge is 0.334 e. The standard InChI is InChI=1S/C11H14O4/c12-6-11-4-2-1-3-7-8(9(11)15-11)5-14-10(7)13/h9,12H,1-6H2. The molecule has 1 N–H and O–H groups in total. The molecular formula is C11H14O4. The summed E-state index contributed by atoms with van der Waals surface area (Å²) in [4.78, 5) is 11.4. The number of ether oxygens (including phenoxy) is 2. The highest BCUT2D eigenvalue weighted by Crippen LogP contribution is 2.49. The second kappa shape index (κ2) is 3.06. The summed E-state index contributed by atoms with van der Waals surface area (Å²) >= 11 is 0. The fraction of sp³-hybridized carbons (Fsp3) is 0.727. The van der Waals surface area contributed by atoms with Crippen LogP contribution in [0.2, 0.25) is 0 Å². The zero-order valence-electron chi connectivity index (χ0n) is 8.49. The van der Waals surface area contributed by atoms with Crippen molar-refractivity contribution in [2.75, 3.05) is 13.2 Å². The van der Waals surface area contributed by atoms with Gasteiger partial charge in [0.25, 0.3) is 0 Å². The first-order valence-electron chi connectivity index (χ1n) is 5.44. The van der Waals surface area contributed by atoms with E-state index in [-0.39, 0.29) is 18.7 Å². The molecule has 0 aromatic carbocycles. The molecule has 0 saturated carbocycles. The zero-order chi connectivity index (χ0) is 10.5. The lowest BCUT2D eigenvalue weighted by Gasteiger charge is -2.12. The number of hydrogen-bond acceptors (Lipinski definition) is 4. The predicted octanol–water partition coefficient (Wildman–Crippen LogP) is 0.544. The number of epoxide rings is 1. The summed E-state index contributed by atoms with van der Waals surface area (Å²) in [5.41, 5.74) is 1.39. The molecule has 4 nitrogen and oxygen atoms in total. The Balaban J connectivity index is 1.94. The van der Waals surface area contributed by atoms with Crippen molar-refractivity contribution in [2.24, 2.45) is 0 Å². The SMILES string of the molecule is O=C1OCC2=C1CCCCC1(CO)OC21. The molecule has 3 aliphatic rings. The van der Waals surface area contributed by atoms with Crippen LogP contribution in [-0.2, 0) is 14.3 Å². The minimum absolute atomic E-state index is 0.0443. The molecule has 1 fully saturated rings. The van der Waals surface area contributed by atoms with Crippen LogP contribution >= 0.6 is 0 Å². The molecular weight excluding hydrogens is 196 g/mol. The third kappa shape index (κ3) is 1.25. The van der Waals surface area contributed by atoms with Gasteiger partial charge < -0.3 is 14.6 Å². The van der Waals surface area contributed by atoms with Crippen molar-refractivity contribution in [1.82, 2.24) is 0 Å². The van der Waals surface area contributed by atoms with Gasteiger partial charge in [0.2, 0.25) is 0 Å². The Morgan fingerprint density at radius 2 is 2.33 bits per heavy atom. The van der Waals surface area contributed by atoms with Gasteiger partial charge >= 0.3 is 5.97 Å². The van der Waals surface area contributed by atoms with Gasteiger partial charge in [0.05, 0.1) is 6.61 Å². The van der Waals surface area contributed by atoms with Crippen molar-refractivity contribution in [1.29, 1.82) is 0 Å². The van der Waals surface area contributed by atoms with Crippen molar-refractivity contribution in [2.45, 2.75) is 37.4 Å². The lowest BCUT2D eigenvalue weighted by atomic mass is 9.88. The summed E-state index contributed by atoms with van der Waals surface area (Å²) in [5.74, 6) is -0.186. The maximum absolute atomic E-state index is 11.4. The average molecular weight is 210 g/mol. The number of aliphatic hydroxyl groups excluding tert-OH is 1. The van der Waals surface area contributed by atoms with Crippen molar-refractivity contribution >= 4 is 5.97 Å². The predicted molar refractivity (Wildman–Crippen MR) is 51.1 cm³/mol. The van der Waals surface area contributed by atoms with Crippen molar-refractivity contribution in [3.63, 3.8) is 0 Å². The Labute approximate surface area is 87.9 Å². The van der Waals surface area contributed by atoms with Gasteiger partial charge in [-0.2, -0.15) is 0 Å².